The highest BCUT2D eigenvalue weighted by atomic mass is 32.2. The van der Waals surface area contributed by atoms with E-state index < -0.39 is 21.5 Å². The molecule has 1 aliphatic carbocycles. The third kappa shape index (κ3) is 4.17. The van der Waals surface area contributed by atoms with E-state index in [0.717, 1.165) is 34.3 Å². The fraction of sp³-hybridized carbons (Fsp3) is 0.192. The number of pyridine rings is 2. The van der Waals surface area contributed by atoms with Crippen molar-refractivity contribution in [2.24, 2.45) is 7.05 Å². The number of benzene rings is 1. The van der Waals surface area contributed by atoms with E-state index in [-0.39, 0.29) is 22.3 Å². The third-order valence-corrected chi connectivity index (χ3v) is 8.52. The zero-order valence-corrected chi connectivity index (χ0v) is 20.1. The summed E-state index contributed by atoms with van der Waals surface area (Å²) < 4.78 is 57.1. The van der Waals surface area contributed by atoms with Crippen molar-refractivity contribution in [3.8, 4) is 33.5 Å². The molecule has 6 rings (SSSR count). The van der Waals surface area contributed by atoms with Crippen molar-refractivity contribution in [3.63, 3.8) is 0 Å². The summed E-state index contributed by atoms with van der Waals surface area (Å²) in [5.74, 6) is -1.71. The Morgan fingerprint density at radius 3 is 2.47 bits per heavy atom. The molecular weight excluding hydrogens is 484 g/mol. The quantitative estimate of drug-likeness (QED) is 0.331. The first-order valence-electron chi connectivity index (χ1n) is 11.4. The van der Waals surface area contributed by atoms with Gasteiger partial charge in [0.2, 0.25) is 0 Å². The predicted octanol–water partition coefficient (Wildman–Crippen LogP) is 4.82. The molecule has 1 aromatic carbocycles. The first-order chi connectivity index (χ1) is 17.3. The van der Waals surface area contributed by atoms with Gasteiger partial charge < -0.3 is 0 Å². The average Bonchev–Trinajstić information content (AvgIpc) is 3.49. The number of hydrogen-bond donors (Lipinski definition) is 0. The summed E-state index contributed by atoms with van der Waals surface area (Å²) in [6.07, 6.45) is 8.54. The molecule has 0 N–H and O–H groups in total. The molecular formula is C26H21F2N5O2S. The van der Waals surface area contributed by atoms with Gasteiger partial charge in [0.25, 0.3) is 0 Å². The second-order valence-electron chi connectivity index (χ2n) is 9.07. The SMILES string of the molecule is Cn1cc(-c2ccc3c(-c4cc(CS(=O)(=O)C5CC5)nc(-c5ccc(F)cc5F)c4)cnn3c2)cn1. The first-order valence-corrected chi connectivity index (χ1v) is 13.1. The Morgan fingerprint density at radius 1 is 0.917 bits per heavy atom. The number of fused-ring (bicyclic) bond motifs is 1. The van der Waals surface area contributed by atoms with E-state index in [2.05, 4.69) is 15.2 Å². The molecule has 0 bridgehead atoms. The van der Waals surface area contributed by atoms with Gasteiger partial charge in [0.15, 0.2) is 9.84 Å². The zero-order chi connectivity index (χ0) is 25.0. The van der Waals surface area contributed by atoms with Gasteiger partial charge in [0.1, 0.15) is 11.6 Å². The Bertz CT molecular complexity index is 1740. The number of halogens is 2. The van der Waals surface area contributed by atoms with E-state index in [4.69, 9.17) is 0 Å². The number of nitrogens with zero attached hydrogens (tertiary/aromatic N) is 5. The van der Waals surface area contributed by atoms with Gasteiger partial charge in [0, 0.05) is 47.8 Å². The minimum atomic E-state index is -3.36. The van der Waals surface area contributed by atoms with E-state index >= 15 is 0 Å². The van der Waals surface area contributed by atoms with Gasteiger partial charge in [-0.3, -0.25) is 9.67 Å². The van der Waals surface area contributed by atoms with Crippen LogP contribution in [0.25, 0.3) is 39.0 Å². The van der Waals surface area contributed by atoms with Crippen LogP contribution in [0.1, 0.15) is 18.5 Å². The minimum Gasteiger partial charge on any atom is -0.275 e. The molecule has 1 aliphatic rings. The fourth-order valence-electron chi connectivity index (χ4n) is 4.35. The Hall–Kier alpha value is -3.92. The molecule has 1 saturated carbocycles. The van der Waals surface area contributed by atoms with E-state index in [1.807, 2.05) is 31.6 Å². The molecule has 182 valence electrons. The van der Waals surface area contributed by atoms with Gasteiger partial charge in [0.05, 0.1) is 40.3 Å². The zero-order valence-electron chi connectivity index (χ0n) is 19.3. The van der Waals surface area contributed by atoms with E-state index in [0.29, 0.717) is 24.1 Å². The molecule has 36 heavy (non-hydrogen) atoms. The van der Waals surface area contributed by atoms with Crippen molar-refractivity contribution in [2.45, 2.75) is 23.8 Å². The lowest BCUT2D eigenvalue weighted by Gasteiger charge is -2.10. The molecule has 0 amide bonds. The lowest BCUT2D eigenvalue weighted by atomic mass is 10.0. The van der Waals surface area contributed by atoms with Crippen LogP contribution < -0.4 is 0 Å². The van der Waals surface area contributed by atoms with Crippen LogP contribution in [0.4, 0.5) is 8.78 Å². The predicted molar refractivity (Wildman–Crippen MR) is 132 cm³/mol. The van der Waals surface area contributed by atoms with Crippen LogP contribution >= 0.6 is 0 Å². The van der Waals surface area contributed by atoms with E-state index in [1.165, 1.54) is 6.07 Å². The molecule has 0 radical (unpaired) electrons. The highest BCUT2D eigenvalue weighted by Gasteiger charge is 2.36. The lowest BCUT2D eigenvalue weighted by Crippen LogP contribution is -2.11. The van der Waals surface area contributed by atoms with Crippen LogP contribution in [-0.4, -0.2) is 38.0 Å². The number of sulfone groups is 1. The average molecular weight is 506 g/mol. The lowest BCUT2D eigenvalue weighted by molar-refractivity contribution is 0.585. The molecule has 0 saturated heterocycles. The smallest absolute Gasteiger partial charge is 0.158 e. The maximum Gasteiger partial charge on any atom is 0.158 e. The van der Waals surface area contributed by atoms with Crippen LogP contribution in [-0.2, 0) is 22.6 Å². The van der Waals surface area contributed by atoms with Crippen LogP contribution in [0, 0.1) is 11.6 Å². The standard InChI is InChI=1S/C26H21F2N5O2S/c1-32-13-18(11-29-32)16-2-7-26-23(12-30-33(26)14-16)17-8-20(15-36(34,35)21-4-5-21)31-25(9-17)22-6-3-19(27)10-24(22)28/h2-3,6-14,21H,4-5,15H2,1H3. The van der Waals surface area contributed by atoms with Crippen LogP contribution in [0.5, 0.6) is 0 Å². The topological polar surface area (TPSA) is 82.1 Å². The van der Waals surface area contributed by atoms with Crippen molar-refractivity contribution in [1.29, 1.82) is 0 Å². The summed E-state index contributed by atoms with van der Waals surface area (Å²) >= 11 is 0. The Kier molecular flexibility index (Phi) is 5.22. The third-order valence-electron chi connectivity index (χ3n) is 6.33. The second kappa shape index (κ2) is 8.34. The molecule has 0 atom stereocenters. The van der Waals surface area contributed by atoms with E-state index in [1.54, 1.807) is 33.7 Å². The van der Waals surface area contributed by atoms with Gasteiger partial charge in [-0.2, -0.15) is 10.2 Å². The summed E-state index contributed by atoms with van der Waals surface area (Å²) in [4.78, 5) is 4.46. The van der Waals surface area contributed by atoms with E-state index in [9.17, 15) is 17.2 Å². The molecule has 4 heterocycles. The number of rotatable bonds is 6. The van der Waals surface area contributed by atoms with Crippen molar-refractivity contribution in [1.82, 2.24) is 24.4 Å². The Morgan fingerprint density at radius 2 is 1.75 bits per heavy atom. The second-order valence-corrected chi connectivity index (χ2v) is 11.4. The van der Waals surface area contributed by atoms with Crippen LogP contribution in [0.3, 0.4) is 0 Å². The van der Waals surface area contributed by atoms with Crippen LogP contribution in [0.2, 0.25) is 0 Å². The van der Waals surface area contributed by atoms with Crippen molar-refractivity contribution in [3.05, 3.63) is 84.6 Å². The number of hydrogen-bond acceptors (Lipinski definition) is 5. The minimum absolute atomic E-state index is 0.0960. The summed E-state index contributed by atoms with van der Waals surface area (Å²) in [5, 5.41) is 8.35. The summed E-state index contributed by atoms with van der Waals surface area (Å²) in [5.41, 5.74) is 4.70. The highest BCUT2D eigenvalue weighted by Crippen LogP contribution is 2.34. The number of aryl methyl sites for hydroxylation is 1. The summed E-state index contributed by atoms with van der Waals surface area (Å²) in [6, 6.07) is 10.5. The fourth-order valence-corrected chi connectivity index (χ4v) is 6.00. The number of aromatic nitrogens is 5. The Balaban J connectivity index is 1.47. The molecule has 10 heteroatoms. The molecule has 7 nitrogen and oxygen atoms in total. The molecule has 0 spiro atoms. The molecule has 1 fully saturated rings. The van der Waals surface area contributed by atoms with Gasteiger partial charge in [-0.1, -0.05) is 6.07 Å². The van der Waals surface area contributed by atoms with Crippen molar-refractivity contribution < 1.29 is 17.2 Å². The van der Waals surface area contributed by atoms with Gasteiger partial charge >= 0.3 is 0 Å². The van der Waals surface area contributed by atoms with Gasteiger partial charge in [-0.25, -0.2) is 21.7 Å². The maximum atomic E-state index is 14.7. The van der Waals surface area contributed by atoms with Crippen molar-refractivity contribution >= 4 is 15.4 Å². The normalized spacial score (nSPS) is 14.0. The monoisotopic (exact) mass is 505 g/mol. The Labute approximate surface area is 206 Å². The molecule has 0 unspecified atom stereocenters. The molecule has 5 aromatic rings. The molecule has 0 aliphatic heterocycles. The first kappa shape index (κ1) is 22.5. The highest BCUT2D eigenvalue weighted by molar-refractivity contribution is 7.91. The van der Waals surface area contributed by atoms with Gasteiger partial charge in [-0.05, 0) is 48.7 Å². The largest absolute Gasteiger partial charge is 0.275 e. The summed E-state index contributed by atoms with van der Waals surface area (Å²) in [7, 11) is -1.52. The van der Waals surface area contributed by atoms with Crippen molar-refractivity contribution in [2.75, 3.05) is 0 Å². The molecule has 4 aromatic heterocycles. The summed E-state index contributed by atoms with van der Waals surface area (Å²) in [6.45, 7) is 0. The maximum absolute atomic E-state index is 14.7. The van der Waals surface area contributed by atoms with Crippen LogP contribution in [0.15, 0.2) is 67.3 Å². The van der Waals surface area contributed by atoms with Gasteiger partial charge in [-0.15, -0.1) is 0 Å².